The summed E-state index contributed by atoms with van der Waals surface area (Å²) in [6.45, 7) is 6.06. The Kier molecular flexibility index (Phi) is 9.83. The first-order chi connectivity index (χ1) is 19.5. The number of aliphatic hydroxyl groups excluding tert-OH is 1. The smallest absolute Gasteiger partial charge is 0.223 e. The average Bonchev–Trinajstić information content (AvgIpc) is 3.47. The second-order valence-electron chi connectivity index (χ2n) is 12.7. The van der Waals surface area contributed by atoms with E-state index in [1.807, 2.05) is 6.08 Å². The fraction of sp³-hybridized carbons (Fsp3) is 0.657. The van der Waals surface area contributed by atoms with E-state index >= 15 is 0 Å². The van der Waals surface area contributed by atoms with Crippen LogP contribution in [0, 0.1) is 18.8 Å². The molecule has 218 valence electrons. The molecule has 0 radical (unpaired) electrons. The molecule has 2 aromatic rings. The third-order valence-electron chi connectivity index (χ3n) is 9.84. The van der Waals surface area contributed by atoms with E-state index in [0.29, 0.717) is 24.5 Å². The van der Waals surface area contributed by atoms with Crippen LogP contribution in [0.15, 0.2) is 30.4 Å². The first kappa shape index (κ1) is 29.1. The first-order valence-electron chi connectivity index (χ1n) is 16.3. The van der Waals surface area contributed by atoms with E-state index in [9.17, 15) is 14.7 Å². The van der Waals surface area contributed by atoms with Crippen molar-refractivity contribution in [3.8, 4) is 0 Å². The molecule has 5 heteroatoms. The van der Waals surface area contributed by atoms with Gasteiger partial charge in [0, 0.05) is 48.4 Å². The molecule has 1 fully saturated rings. The van der Waals surface area contributed by atoms with Crippen molar-refractivity contribution in [2.75, 3.05) is 6.54 Å². The van der Waals surface area contributed by atoms with Gasteiger partial charge in [0.05, 0.1) is 12.1 Å². The van der Waals surface area contributed by atoms with Crippen molar-refractivity contribution in [1.82, 2.24) is 9.47 Å². The minimum absolute atomic E-state index is 0.116. The summed E-state index contributed by atoms with van der Waals surface area (Å²) >= 11 is 0. The Morgan fingerprint density at radius 2 is 1.93 bits per heavy atom. The lowest BCUT2D eigenvalue weighted by Crippen LogP contribution is -2.43. The Bertz CT molecular complexity index is 1210. The lowest BCUT2D eigenvalue weighted by molar-refractivity contribution is -0.135. The zero-order valence-corrected chi connectivity index (χ0v) is 24.9. The number of allylic oxidation sites excluding steroid dienone is 1. The SMILES string of the molecule is CCCCCC(O)C=CC1CCC(=O)C1CCCCCCC(=O)N1CCn2c3c(c4cc(C)ccc42)CCCC31. The summed E-state index contributed by atoms with van der Waals surface area (Å²) in [4.78, 5) is 28.1. The Morgan fingerprint density at radius 1 is 1.07 bits per heavy atom. The normalized spacial score (nSPS) is 23.3. The molecular weight excluding hydrogens is 496 g/mol. The van der Waals surface area contributed by atoms with Crippen molar-refractivity contribution in [3.63, 3.8) is 0 Å². The number of hydrogen-bond acceptors (Lipinski definition) is 3. The second-order valence-corrected chi connectivity index (χ2v) is 12.7. The van der Waals surface area contributed by atoms with E-state index in [0.717, 1.165) is 96.6 Å². The highest BCUT2D eigenvalue weighted by Crippen LogP contribution is 2.43. The van der Waals surface area contributed by atoms with Crippen molar-refractivity contribution < 1.29 is 14.7 Å². The first-order valence-corrected chi connectivity index (χ1v) is 16.3. The highest BCUT2D eigenvalue weighted by molar-refractivity contribution is 5.88. The molecule has 0 spiro atoms. The lowest BCUT2D eigenvalue weighted by atomic mass is 9.89. The quantitative estimate of drug-likeness (QED) is 0.208. The van der Waals surface area contributed by atoms with E-state index in [2.05, 4.69) is 47.6 Å². The number of Topliss-reactive ketones (excluding diaryl/α,β-unsaturated/α-hetero) is 1. The van der Waals surface area contributed by atoms with Crippen LogP contribution < -0.4 is 0 Å². The van der Waals surface area contributed by atoms with Gasteiger partial charge in [-0.25, -0.2) is 0 Å². The Hall–Kier alpha value is -2.40. The number of benzene rings is 1. The minimum atomic E-state index is -0.381. The molecule has 1 aliphatic heterocycles. The van der Waals surface area contributed by atoms with Gasteiger partial charge < -0.3 is 14.6 Å². The van der Waals surface area contributed by atoms with Gasteiger partial charge >= 0.3 is 0 Å². The largest absolute Gasteiger partial charge is 0.389 e. The zero-order chi connectivity index (χ0) is 28.1. The third kappa shape index (κ3) is 6.40. The number of nitrogens with zero attached hydrogens (tertiary/aromatic N) is 2. The van der Waals surface area contributed by atoms with Crippen LogP contribution in [-0.4, -0.2) is 38.9 Å². The molecule has 1 aromatic carbocycles. The monoisotopic (exact) mass is 546 g/mol. The van der Waals surface area contributed by atoms with Gasteiger partial charge in [-0.2, -0.15) is 0 Å². The van der Waals surface area contributed by atoms with Crippen molar-refractivity contribution in [1.29, 1.82) is 0 Å². The van der Waals surface area contributed by atoms with Crippen LogP contribution in [0.5, 0.6) is 0 Å². The van der Waals surface area contributed by atoms with Gasteiger partial charge in [0.1, 0.15) is 5.78 Å². The number of carbonyl (C=O) groups excluding carboxylic acids is 2. The summed E-state index contributed by atoms with van der Waals surface area (Å²) in [6.07, 6.45) is 18.5. The average molecular weight is 547 g/mol. The van der Waals surface area contributed by atoms with Gasteiger partial charge in [-0.05, 0) is 75.5 Å². The summed E-state index contributed by atoms with van der Waals surface area (Å²) in [5.41, 5.74) is 5.54. The standard InChI is InChI=1S/C35H50N2O3/c1-3-4-7-11-27(38)19-17-26-18-21-33(39)28(26)12-8-5-6-9-15-34(40)36-22-23-37-31-20-16-25(2)24-30(31)29-13-10-14-32(36)35(29)37/h16-17,19-20,24,26-28,32,38H,3-15,18,21-23H2,1-2H3. The van der Waals surface area contributed by atoms with E-state index in [-0.39, 0.29) is 24.0 Å². The van der Waals surface area contributed by atoms with Crippen LogP contribution in [0.25, 0.3) is 10.9 Å². The molecule has 0 bridgehead atoms. The molecule has 1 N–H and O–H groups in total. The second kappa shape index (κ2) is 13.5. The maximum absolute atomic E-state index is 13.4. The van der Waals surface area contributed by atoms with E-state index in [1.54, 1.807) is 0 Å². The van der Waals surface area contributed by atoms with Gasteiger partial charge in [-0.1, -0.05) is 69.2 Å². The molecular formula is C35H50N2O3. The summed E-state index contributed by atoms with van der Waals surface area (Å²) in [5, 5.41) is 11.6. The van der Waals surface area contributed by atoms with Crippen molar-refractivity contribution >= 4 is 22.6 Å². The molecule has 5 rings (SSSR count). The molecule has 4 atom stereocenters. The molecule has 5 nitrogen and oxygen atoms in total. The molecule has 1 aromatic heterocycles. The topological polar surface area (TPSA) is 62.5 Å². The maximum Gasteiger partial charge on any atom is 0.223 e. The van der Waals surface area contributed by atoms with Gasteiger partial charge in [0.15, 0.2) is 0 Å². The van der Waals surface area contributed by atoms with Gasteiger partial charge in [0.25, 0.3) is 0 Å². The van der Waals surface area contributed by atoms with E-state index in [1.165, 1.54) is 27.7 Å². The number of ketones is 1. The summed E-state index contributed by atoms with van der Waals surface area (Å²) < 4.78 is 2.50. The molecule has 40 heavy (non-hydrogen) atoms. The van der Waals surface area contributed by atoms with Gasteiger partial charge in [-0.15, -0.1) is 0 Å². The Morgan fingerprint density at radius 3 is 2.77 bits per heavy atom. The lowest BCUT2D eigenvalue weighted by Gasteiger charge is -2.40. The molecule has 2 aliphatic carbocycles. The zero-order valence-electron chi connectivity index (χ0n) is 24.9. The van der Waals surface area contributed by atoms with Crippen LogP contribution in [-0.2, 0) is 22.6 Å². The number of aromatic nitrogens is 1. The number of carbonyl (C=O) groups is 2. The number of aryl methyl sites for hydroxylation is 2. The summed E-state index contributed by atoms with van der Waals surface area (Å²) in [6, 6.07) is 7.05. The summed E-state index contributed by atoms with van der Waals surface area (Å²) in [5.74, 6) is 1.12. The van der Waals surface area contributed by atoms with Crippen LogP contribution in [0.3, 0.4) is 0 Å². The molecule has 4 unspecified atom stereocenters. The Labute approximate surface area is 241 Å². The van der Waals surface area contributed by atoms with Gasteiger partial charge in [0.2, 0.25) is 5.91 Å². The van der Waals surface area contributed by atoms with Crippen LogP contribution >= 0.6 is 0 Å². The van der Waals surface area contributed by atoms with E-state index < -0.39 is 0 Å². The number of unbranched alkanes of at least 4 members (excludes halogenated alkanes) is 5. The predicted octanol–water partition coefficient (Wildman–Crippen LogP) is 7.60. The maximum atomic E-state index is 13.4. The van der Waals surface area contributed by atoms with Crippen LogP contribution in [0.2, 0.25) is 0 Å². The number of amides is 1. The fourth-order valence-corrected chi connectivity index (χ4v) is 7.66. The van der Waals surface area contributed by atoms with Crippen LogP contribution in [0.1, 0.15) is 120 Å². The van der Waals surface area contributed by atoms with Crippen molar-refractivity contribution in [2.24, 2.45) is 11.8 Å². The Balaban J connectivity index is 1.06. The van der Waals surface area contributed by atoms with E-state index in [4.69, 9.17) is 0 Å². The molecule has 2 heterocycles. The molecule has 1 amide bonds. The number of hydrogen-bond donors (Lipinski definition) is 1. The molecule has 1 saturated carbocycles. The molecule has 3 aliphatic rings. The van der Waals surface area contributed by atoms with Gasteiger partial charge in [-0.3, -0.25) is 9.59 Å². The number of aliphatic hydroxyl groups is 1. The minimum Gasteiger partial charge on any atom is -0.389 e. The highest BCUT2D eigenvalue weighted by Gasteiger charge is 2.37. The number of fused-ring (bicyclic) bond motifs is 3. The summed E-state index contributed by atoms with van der Waals surface area (Å²) in [7, 11) is 0. The fourth-order valence-electron chi connectivity index (χ4n) is 7.66. The van der Waals surface area contributed by atoms with Crippen molar-refractivity contribution in [2.45, 2.75) is 129 Å². The number of rotatable bonds is 13. The predicted molar refractivity (Wildman–Crippen MR) is 162 cm³/mol. The highest BCUT2D eigenvalue weighted by atomic mass is 16.3. The van der Waals surface area contributed by atoms with Crippen molar-refractivity contribution in [3.05, 3.63) is 47.2 Å². The third-order valence-corrected chi connectivity index (χ3v) is 9.84. The molecule has 0 saturated heterocycles. The van der Waals surface area contributed by atoms with Crippen LogP contribution in [0.4, 0.5) is 0 Å².